The van der Waals surface area contributed by atoms with Gasteiger partial charge in [0.25, 0.3) is 5.91 Å². The van der Waals surface area contributed by atoms with E-state index in [0.29, 0.717) is 29.8 Å². The quantitative estimate of drug-likeness (QED) is 0.627. The molecule has 5 nitrogen and oxygen atoms in total. The van der Waals surface area contributed by atoms with Crippen LogP contribution in [0.25, 0.3) is 0 Å². The van der Waals surface area contributed by atoms with E-state index in [1.54, 1.807) is 25.1 Å². The fourth-order valence-corrected chi connectivity index (χ4v) is 2.76. The zero-order valence-corrected chi connectivity index (χ0v) is 16.1. The first kappa shape index (κ1) is 19.8. The van der Waals surface area contributed by atoms with E-state index in [9.17, 15) is 9.18 Å². The Kier molecular flexibility index (Phi) is 6.55. The van der Waals surface area contributed by atoms with Gasteiger partial charge in [0.2, 0.25) is 0 Å². The van der Waals surface area contributed by atoms with E-state index < -0.39 is 0 Å². The average Bonchev–Trinajstić information content (AvgIpc) is 2.68. The van der Waals surface area contributed by atoms with E-state index in [1.165, 1.54) is 12.1 Å². The van der Waals surface area contributed by atoms with Crippen LogP contribution in [0.1, 0.15) is 27.4 Å². The molecule has 1 heterocycles. The molecule has 2 aromatic carbocycles. The number of hydrogen-bond acceptors (Lipinski definition) is 4. The smallest absolute Gasteiger partial charge is 0.270 e. The molecule has 0 unspecified atom stereocenters. The largest absolute Gasteiger partial charge is 0.370 e. The highest BCUT2D eigenvalue weighted by Gasteiger charge is 2.10. The van der Waals surface area contributed by atoms with Gasteiger partial charge in [-0.1, -0.05) is 35.9 Å². The predicted octanol–water partition coefficient (Wildman–Crippen LogP) is 4.16. The molecule has 0 bridgehead atoms. The summed E-state index contributed by atoms with van der Waals surface area (Å²) < 4.78 is 13.0. The lowest BCUT2D eigenvalue weighted by atomic mass is 10.1. The van der Waals surface area contributed by atoms with Crippen LogP contribution in [-0.2, 0) is 13.0 Å². The molecule has 0 radical (unpaired) electrons. The molecule has 0 atom stereocenters. The van der Waals surface area contributed by atoms with E-state index in [0.717, 1.165) is 17.5 Å². The third kappa shape index (κ3) is 5.76. The van der Waals surface area contributed by atoms with Gasteiger partial charge in [-0.25, -0.2) is 14.4 Å². The van der Waals surface area contributed by atoms with Gasteiger partial charge in [-0.2, -0.15) is 0 Å². The van der Waals surface area contributed by atoms with Crippen molar-refractivity contribution in [3.8, 4) is 0 Å². The monoisotopic (exact) mass is 398 g/mol. The number of amides is 1. The zero-order chi connectivity index (χ0) is 19.9. The first-order chi connectivity index (χ1) is 13.5. The van der Waals surface area contributed by atoms with Crippen LogP contribution in [0.4, 0.5) is 10.2 Å². The first-order valence-corrected chi connectivity index (χ1v) is 9.24. The SMILES string of the molecule is Cc1nc(NCCc2ccc(Cl)cc2)cc(C(=O)NCc2ccc(F)cc2)n1. The Hall–Kier alpha value is -2.99. The number of anilines is 1. The van der Waals surface area contributed by atoms with Gasteiger partial charge in [-0.3, -0.25) is 4.79 Å². The summed E-state index contributed by atoms with van der Waals surface area (Å²) in [5, 5.41) is 6.71. The van der Waals surface area contributed by atoms with E-state index in [4.69, 9.17) is 11.6 Å². The van der Waals surface area contributed by atoms with Crippen molar-refractivity contribution >= 4 is 23.3 Å². The molecule has 3 aromatic rings. The second-order valence-corrected chi connectivity index (χ2v) is 6.73. The van der Waals surface area contributed by atoms with Gasteiger partial charge < -0.3 is 10.6 Å². The Morgan fingerprint density at radius 1 is 1.04 bits per heavy atom. The Morgan fingerprint density at radius 3 is 2.43 bits per heavy atom. The summed E-state index contributed by atoms with van der Waals surface area (Å²) in [6, 6.07) is 15.3. The van der Waals surface area contributed by atoms with Gasteiger partial charge >= 0.3 is 0 Å². The Morgan fingerprint density at radius 2 is 1.71 bits per heavy atom. The van der Waals surface area contributed by atoms with E-state index in [2.05, 4.69) is 20.6 Å². The minimum atomic E-state index is -0.310. The molecular formula is C21H20ClFN4O. The molecule has 1 aromatic heterocycles. The number of nitrogens with zero attached hydrogens (tertiary/aromatic N) is 2. The molecule has 0 spiro atoms. The zero-order valence-electron chi connectivity index (χ0n) is 15.4. The van der Waals surface area contributed by atoms with E-state index in [1.807, 2.05) is 24.3 Å². The maximum absolute atomic E-state index is 13.0. The molecule has 7 heteroatoms. The third-order valence-corrected chi connectivity index (χ3v) is 4.32. The number of halogens is 2. The lowest BCUT2D eigenvalue weighted by Gasteiger charge is -2.09. The second-order valence-electron chi connectivity index (χ2n) is 6.30. The number of nitrogens with one attached hydrogen (secondary N) is 2. The van der Waals surface area contributed by atoms with Crippen molar-refractivity contribution in [1.29, 1.82) is 0 Å². The highest BCUT2D eigenvalue weighted by molar-refractivity contribution is 6.30. The van der Waals surface area contributed by atoms with Crippen molar-refractivity contribution in [3.05, 3.63) is 88.1 Å². The van der Waals surface area contributed by atoms with Crippen molar-refractivity contribution < 1.29 is 9.18 Å². The van der Waals surface area contributed by atoms with Crippen molar-refractivity contribution in [1.82, 2.24) is 15.3 Å². The first-order valence-electron chi connectivity index (χ1n) is 8.86. The number of aromatic nitrogens is 2. The third-order valence-electron chi connectivity index (χ3n) is 4.07. The maximum Gasteiger partial charge on any atom is 0.270 e. The lowest BCUT2D eigenvalue weighted by Crippen LogP contribution is -2.24. The minimum Gasteiger partial charge on any atom is -0.370 e. The number of aryl methyl sites for hydroxylation is 1. The standard InChI is InChI=1S/C21H20ClFN4O/c1-14-26-19(21(28)25-13-16-4-8-18(23)9-5-16)12-20(27-14)24-11-10-15-2-6-17(22)7-3-15/h2-9,12H,10-11,13H2,1H3,(H,25,28)(H,24,26,27). The van der Waals surface area contributed by atoms with Crippen molar-refractivity contribution in [2.75, 3.05) is 11.9 Å². The molecule has 0 fully saturated rings. The summed E-state index contributed by atoms with van der Waals surface area (Å²) in [5.74, 6) is 0.475. The molecule has 1 amide bonds. The van der Waals surface area contributed by atoms with Crippen LogP contribution in [-0.4, -0.2) is 22.4 Å². The van der Waals surface area contributed by atoms with Crippen LogP contribution >= 0.6 is 11.6 Å². The molecule has 0 aliphatic carbocycles. The highest BCUT2D eigenvalue weighted by Crippen LogP contribution is 2.11. The van der Waals surface area contributed by atoms with Gasteiger partial charge in [-0.15, -0.1) is 0 Å². The number of rotatable bonds is 7. The van der Waals surface area contributed by atoms with Gasteiger partial charge in [0.05, 0.1) is 0 Å². The fourth-order valence-electron chi connectivity index (χ4n) is 2.64. The summed E-state index contributed by atoms with van der Waals surface area (Å²) in [6.07, 6.45) is 0.798. The summed E-state index contributed by atoms with van der Waals surface area (Å²) in [4.78, 5) is 20.9. The van der Waals surface area contributed by atoms with Gasteiger partial charge in [0.1, 0.15) is 23.2 Å². The topological polar surface area (TPSA) is 66.9 Å². The van der Waals surface area contributed by atoms with Gasteiger partial charge in [0, 0.05) is 24.2 Å². The molecule has 144 valence electrons. The number of benzene rings is 2. The van der Waals surface area contributed by atoms with Gasteiger partial charge in [-0.05, 0) is 48.7 Å². The van der Waals surface area contributed by atoms with Crippen LogP contribution in [0.15, 0.2) is 54.6 Å². The van der Waals surface area contributed by atoms with E-state index in [-0.39, 0.29) is 17.4 Å². The Bertz CT molecular complexity index is 946. The van der Waals surface area contributed by atoms with Crippen LogP contribution in [0, 0.1) is 12.7 Å². The number of carbonyl (C=O) groups is 1. The maximum atomic E-state index is 13.0. The van der Waals surface area contributed by atoms with Gasteiger partial charge in [0.15, 0.2) is 0 Å². The fraction of sp³-hybridized carbons (Fsp3) is 0.190. The minimum absolute atomic E-state index is 0.281. The van der Waals surface area contributed by atoms with Crippen LogP contribution in [0.5, 0.6) is 0 Å². The molecule has 0 saturated carbocycles. The lowest BCUT2D eigenvalue weighted by molar-refractivity contribution is 0.0945. The van der Waals surface area contributed by atoms with E-state index >= 15 is 0 Å². The predicted molar refractivity (Wildman–Crippen MR) is 108 cm³/mol. The number of carbonyl (C=O) groups excluding carboxylic acids is 1. The van der Waals surface area contributed by atoms with Crippen LogP contribution in [0.2, 0.25) is 5.02 Å². The second kappa shape index (κ2) is 9.28. The molecule has 0 aliphatic rings. The summed E-state index contributed by atoms with van der Waals surface area (Å²) in [5.41, 5.74) is 2.24. The van der Waals surface area contributed by atoms with Crippen LogP contribution in [0.3, 0.4) is 0 Å². The summed E-state index contributed by atoms with van der Waals surface area (Å²) in [6.45, 7) is 2.69. The molecule has 3 rings (SSSR count). The Labute approximate surface area is 168 Å². The van der Waals surface area contributed by atoms with Crippen molar-refractivity contribution in [2.24, 2.45) is 0 Å². The molecule has 0 aliphatic heterocycles. The highest BCUT2D eigenvalue weighted by atomic mass is 35.5. The van der Waals surface area contributed by atoms with Crippen molar-refractivity contribution in [3.63, 3.8) is 0 Å². The average molecular weight is 399 g/mol. The normalized spacial score (nSPS) is 10.5. The summed E-state index contributed by atoms with van der Waals surface area (Å²) in [7, 11) is 0. The summed E-state index contributed by atoms with van der Waals surface area (Å²) >= 11 is 5.89. The van der Waals surface area contributed by atoms with Crippen molar-refractivity contribution in [2.45, 2.75) is 19.9 Å². The molecule has 28 heavy (non-hydrogen) atoms. The molecular weight excluding hydrogens is 379 g/mol. The molecule has 2 N–H and O–H groups in total. The Balaban J connectivity index is 1.57. The van der Waals surface area contributed by atoms with Crippen LogP contribution < -0.4 is 10.6 Å². The number of hydrogen-bond donors (Lipinski definition) is 2. The molecule has 0 saturated heterocycles.